The van der Waals surface area contributed by atoms with Crippen molar-refractivity contribution in [2.45, 2.75) is 89.6 Å². The van der Waals surface area contributed by atoms with E-state index in [9.17, 15) is 4.79 Å². The molecule has 2 aliphatic carbocycles. The fourth-order valence-corrected chi connectivity index (χ4v) is 3.85. The van der Waals surface area contributed by atoms with E-state index >= 15 is 0 Å². The highest BCUT2D eigenvalue weighted by molar-refractivity contribution is 5.66. The maximum Gasteiger partial charge on any atom is 0.303 e. The minimum atomic E-state index is -0.0957. The van der Waals surface area contributed by atoms with Gasteiger partial charge in [0.15, 0.2) is 0 Å². The average molecular weight is 252 g/mol. The first kappa shape index (κ1) is 13.9. The van der Waals surface area contributed by atoms with Crippen LogP contribution in [-0.2, 0) is 9.53 Å². The summed E-state index contributed by atoms with van der Waals surface area (Å²) in [6.07, 6.45) is 15.4. The summed E-state index contributed by atoms with van der Waals surface area (Å²) in [7, 11) is 0. The van der Waals surface area contributed by atoms with Gasteiger partial charge in [-0.25, -0.2) is 0 Å². The minimum Gasteiger partial charge on any atom is -0.459 e. The number of esters is 1. The highest BCUT2D eigenvalue weighted by Gasteiger charge is 2.35. The second kappa shape index (κ2) is 6.58. The lowest BCUT2D eigenvalue weighted by atomic mass is 9.77. The van der Waals surface area contributed by atoms with E-state index in [1.165, 1.54) is 57.8 Å². The molecule has 2 heteroatoms. The van der Waals surface area contributed by atoms with Crippen molar-refractivity contribution in [3.05, 3.63) is 0 Å². The van der Waals surface area contributed by atoms with Gasteiger partial charge in [-0.15, -0.1) is 0 Å². The molecule has 2 saturated carbocycles. The molecule has 0 aromatic rings. The third kappa shape index (κ3) is 4.00. The van der Waals surface area contributed by atoms with Crippen molar-refractivity contribution in [2.24, 2.45) is 5.92 Å². The van der Waals surface area contributed by atoms with E-state index in [1.807, 2.05) is 0 Å². The number of hydrogen-bond donors (Lipinski definition) is 0. The van der Waals surface area contributed by atoms with Gasteiger partial charge in [0.1, 0.15) is 5.60 Å². The zero-order chi connectivity index (χ0) is 12.8. The van der Waals surface area contributed by atoms with E-state index in [4.69, 9.17) is 4.74 Å². The van der Waals surface area contributed by atoms with Crippen molar-refractivity contribution in [1.29, 1.82) is 0 Å². The molecule has 2 fully saturated rings. The number of rotatable bonds is 4. The number of hydrogen-bond acceptors (Lipinski definition) is 2. The van der Waals surface area contributed by atoms with E-state index in [0.717, 1.165) is 25.2 Å². The van der Waals surface area contributed by atoms with Gasteiger partial charge in [-0.1, -0.05) is 38.5 Å². The molecule has 2 nitrogen and oxygen atoms in total. The van der Waals surface area contributed by atoms with Crippen molar-refractivity contribution < 1.29 is 9.53 Å². The molecule has 0 heterocycles. The number of carbonyl (C=O) groups excluding carboxylic acids is 1. The highest BCUT2D eigenvalue weighted by Crippen LogP contribution is 2.38. The Morgan fingerprint density at radius 1 is 1.06 bits per heavy atom. The van der Waals surface area contributed by atoms with Crippen LogP contribution >= 0.6 is 0 Å². The summed E-state index contributed by atoms with van der Waals surface area (Å²) in [5, 5.41) is 0. The Hall–Kier alpha value is -0.530. The number of carbonyl (C=O) groups is 1. The van der Waals surface area contributed by atoms with Gasteiger partial charge in [-0.05, 0) is 44.4 Å². The molecule has 18 heavy (non-hydrogen) atoms. The van der Waals surface area contributed by atoms with Crippen molar-refractivity contribution in [3.8, 4) is 0 Å². The van der Waals surface area contributed by atoms with Gasteiger partial charge < -0.3 is 4.74 Å². The summed E-state index contributed by atoms with van der Waals surface area (Å²) in [5.74, 6) is 0.814. The van der Waals surface area contributed by atoms with Gasteiger partial charge in [-0.2, -0.15) is 0 Å². The van der Waals surface area contributed by atoms with Crippen LogP contribution in [-0.4, -0.2) is 11.6 Å². The van der Waals surface area contributed by atoms with Gasteiger partial charge in [0.2, 0.25) is 0 Å². The zero-order valence-electron chi connectivity index (χ0n) is 11.9. The molecule has 0 spiro atoms. The molecule has 0 aromatic carbocycles. The number of ether oxygens (including phenoxy) is 1. The van der Waals surface area contributed by atoms with Crippen LogP contribution in [0.2, 0.25) is 0 Å². The molecular weight excluding hydrogens is 224 g/mol. The third-order valence-corrected chi connectivity index (χ3v) is 4.86. The minimum absolute atomic E-state index is 0.0828. The monoisotopic (exact) mass is 252 g/mol. The summed E-state index contributed by atoms with van der Waals surface area (Å²) in [4.78, 5) is 11.3. The van der Waals surface area contributed by atoms with E-state index in [2.05, 4.69) is 0 Å². The van der Waals surface area contributed by atoms with Gasteiger partial charge in [0.05, 0.1) is 0 Å². The van der Waals surface area contributed by atoms with Crippen molar-refractivity contribution in [3.63, 3.8) is 0 Å². The molecule has 0 radical (unpaired) electrons. The summed E-state index contributed by atoms with van der Waals surface area (Å²) in [6, 6.07) is 0. The molecule has 0 atom stereocenters. The highest BCUT2D eigenvalue weighted by atomic mass is 16.6. The summed E-state index contributed by atoms with van der Waals surface area (Å²) in [5.41, 5.74) is -0.0957. The maximum absolute atomic E-state index is 11.3. The Kier molecular flexibility index (Phi) is 5.08. The van der Waals surface area contributed by atoms with E-state index in [0.29, 0.717) is 0 Å². The summed E-state index contributed by atoms with van der Waals surface area (Å²) >= 11 is 0. The van der Waals surface area contributed by atoms with Crippen LogP contribution in [0, 0.1) is 5.92 Å². The Morgan fingerprint density at radius 2 is 1.67 bits per heavy atom. The molecule has 2 aliphatic rings. The van der Waals surface area contributed by atoms with Crippen LogP contribution in [0.5, 0.6) is 0 Å². The average Bonchev–Trinajstić information content (AvgIpc) is 2.38. The molecule has 0 N–H and O–H groups in total. The smallest absolute Gasteiger partial charge is 0.303 e. The Bertz CT molecular complexity index is 260. The summed E-state index contributed by atoms with van der Waals surface area (Å²) in [6.45, 7) is 1.57. The Balaban J connectivity index is 1.85. The van der Waals surface area contributed by atoms with Crippen LogP contribution < -0.4 is 0 Å². The first-order valence-electron chi connectivity index (χ1n) is 7.90. The van der Waals surface area contributed by atoms with Crippen LogP contribution in [0.15, 0.2) is 0 Å². The lowest BCUT2D eigenvalue weighted by Crippen LogP contribution is -2.37. The van der Waals surface area contributed by atoms with Crippen molar-refractivity contribution in [1.82, 2.24) is 0 Å². The largest absolute Gasteiger partial charge is 0.459 e. The lowest BCUT2D eigenvalue weighted by Gasteiger charge is -2.38. The molecule has 0 aromatic heterocycles. The van der Waals surface area contributed by atoms with Crippen LogP contribution in [0.3, 0.4) is 0 Å². The third-order valence-electron chi connectivity index (χ3n) is 4.86. The van der Waals surface area contributed by atoms with Crippen molar-refractivity contribution in [2.75, 3.05) is 0 Å². The Morgan fingerprint density at radius 3 is 2.28 bits per heavy atom. The van der Waals surface area contributed by atoms with Gasteiger partial charge in [-0.3, -0.25) is 4.79 Å². The van der Waals surface area contributed by atoms with Crippen LogP contribution in [0.25, 0.3) is 0 Å². The molecule has 0 amide bonds. The van der Waals surface area contributed by atoms with Crippen LogP contribution in [0.4, 0.5) is 0 Å². The van der Waals surface area contributed by atoms with E-state index in [1.54, 1.807) is 6.92 Å². The fourth-order valence-electron chi connectivity index (χ4n) is 3.85. The lowest BCUT2D eigenvalue weighted by molar-refractivity contribution is -0.162. The first-order valence-corrected chi connectivity index (χ1v) is 7.90. The predicted molar refractivity (Wildman–Crippen MR) is 73.4 cm³/mol. The zero-order valence-corrected chi connectivity index (χ0v) is 11.9. The molecule has 0 saturated heterocycles. The van der Waals surface area contributed by atoms with Gasteiger partial charge in [0.25, 0.3) is 0 Å². The second-order valence-electron chi connectivity index (χ2n) is 6.38. The fraction of sp³-hybridized carbons (Fsp3) is 0.938. The Labute approximate surface area is 111 Å². The van der Waals surface area contributed by atoms with Crippen LogP contribution in [0.1, 0.15) is 84.0 Å². The first-order chi connectivity index (χ1) is 8.70. The van der Waals surface area contributed by atoms with E-state index < -0.39 is 0 Å². The van der Waals surface area contributed by atoms with E-state index in [-0.39, 0.29) is 11.6 Å². The van der Waals surface area contributed by atoms with Crippen molar-refractivity contribution >= 4 is 5.97 Å². The quantitative estimate of drug-likeness (QED) is 0.683. The van der Waals surface area contributed by atoms with Gasteiger partial charge >= 0.3 is 5.97 Å². The predicted octanol–water partition coefficient (Wildman–Crippen LogP) is 4.61. The molecule has 104 valence electrons. The molecule has 2 rings (SSSR count). The molecule has 0 bridgehead atoms. The van der Waals surface area contributed by atoms with Gasteiger partial charge in [0, 0.05) is 6.92 Å². The standard InChI is InChI=1S/C16H28O2/c1-14(17)18-16(11-6-3-7-12-16)13-10-15-8-4-2-5-9-15/h15H,2-13H2,1H3. The molecule has 0 unspecified atom stereocenters. The molecule has 0 aliphatic heterocycles. The normalized spacial score (nSPS) is 24.7. The topological polar surface area (TPSA) is 26.3 Å². The SMILES string of the molecule is CC(=O)OC1(CCC2CCCCC2)CCCCC1. The second-order valence-corrected chi connectivity index (χ2v) is 6.38. The maximum atomic E-state index is 11.3. The molecular formula is C16H28O2. The summed E-state index contributed by atoms with van der Waals surface area (Å²) < 4.78 is 5.73.